The summed E-state index contributed by atoms with van der Waals surface area (Å²) in [7, 11) is 0. The van der Waals surface area contributed by atoms with Gasteiger partial charge in [0.15, 0.2) is 5.78 Å². The second-order valence-corrected chi connectivity index (χ2v) is 6.27. The van der Waals surface area contributed by atoms with Crippen molar-refractivity contribution in [2.24, 2.45) is 0 Å². The molecule has 2 aromatic heterocycles. The first-order valence-corrected chi connectivity index (χ1v) is 8.49. The Balaban J connectivity index is 1.43. The summed E-state index contributed by atoms with van der Waals surface area (Å²) in [5.41, 5.74) is 1.16. The molecule has 0 aliphatic carbocycles. The molecule has 1 amide bonds. The highest BCUT2D eigenvalue weighted by molar-refractivity contribution is 7.12. The predicted molar refractivity (Wildman–Crippen MR) is 92.8 cm³/mol. The Kier molecular flexibility index (Phi) is 4.88. The number of hydrogen-bond donors (Lipinski definition) is 1. The normalized spacial score (nSPS) is 10.8. The van der Waals surface area contributed by atoms with Gasteiger partial charge in [-0.1, -0.05) is 24.3 Å². The number of Topliss-reactive ketones (excluding diaryl/α,β-unsaturated/α-hetero) is 1. The van der Waals surface area contributed by atoms with E-state index in [2.05, 4.69) is 28.1 Å². The Hall–Kier alpha value is -2.40. The lowest BCUT2D eigenvalue weighted by atomic mass is 10.2. The summed E-state index contributed by atoms with van der Waals surface area (Å²) < 4.78 is 2.12. The third-order valence-corrected chi connectivity index (χ3v) is 4.64. The number of aromatic nitrogens is 1. The summed E-state index contributed by atoms with van der Waals surface area (Å²) in [6.07, 6.45) is 2.53. The SMILES string of the molecule is O=C(CCC(=O)c1cccs1)NCCn1ccc2ccccc21. The number of fused-ring (bicyclic) bond motifs is 1. The van der Waals surface area contributed by atoms with Crippen LogP contribution in [-0.4, -0.2) is 22.8 Å². The van der Waals surface area contributed by atoms with Crippen LogP contribution < -0.4 is 5.32 Å². The maximum atomic E-state index is 11.8. The Bertz CT molecular complexity index is 805. The predicted octanol–water partition coefficient (Wildman–Crippen LogP) is 3.48. The standard InChI is InChI=1S/C18H18N2O2S/c21-16(17-6-3-13-23-17)7-8-18(22)19-10-12-20-11-9-14-4-1-2-5-15(14)20/h1-6,9,11,13H,7-8,10,12H2,(H,19,22). The molecule has 0 fully saturated rings. The van der Waals surface area contributed by atoms with Crippen molar-refractivity contribution in [3.05, 3.63) is 58.9 Å². The van der Waals surface area contributed by atoms with E-state index >= 15 is 0 Å². The fourth-order valence-electron chi connectivity index (χ4n) is 2.53. The molecular weight excluding hydrogens is 308 g/mol. The van der Waals surface area contributed by atoms with Crippen LogP contribution in [0.5, 0.6) is 0 Å². The van der Waals surface area contributed by atoms with Crippen molar-refractivity contribution in [3.63, 3.8) is 0 Å². The summed E-state index contributed by atoms with van der Waals surface area (Å²) in [5.74, 6) is -0.0436. The highest BCUT2D eigenvalue weighted by atomic mass is 32.1. The molecule has 1 aromatic carbocycles. The van der Waals surface area contributed by atoms with Gasteiger partial charge in [0.2, 0.25) is 5.91 Å². The third-order valence-electron chi connectivity index (χ3n) is 3.73. The van der Waals surface area contributed by atoms with Gasteiger partial charge in [0, 0.05) is 37.6 Å². The van der Waals surface area contributed by atoms with E-state index in [1.54, 1.807) is 6.07 Å². The Morgan fingerprint density at radius 3 is 2.74 bits per heavy atom. The first kappa shape index (κ1) is 15.5. The molecule has 0 unspecified atom stereocenters. The molecular formula is C18H18N2O2S. The number of para-hydroxylation sites is 1. The van der Waals surface area contributed by atoms with Crippen molar-refractivity contribution >= 4 is 33.9 Å². The molecule has 3 aromatic rings. The number of rotatable bonds is 7. The summed E-state index contributed by atoms with van der Waals surface area (Å²) in [5, 5.41) is 5.94. The number of ketones is 1. The van der Waals surface area contributed by atoms with Crippen molar-refractivity contribution < 1.29 is 9.59 Å². The van der Waals surface area contributed by atoms with Crippen LogP contribution >= 0.6 is 11.3 Å². The fourth-order valence-corrected chi connectivity index (χ4v) is 3.22. The van der Waals surface area contributed by atoms with Crippen LogP contribution in [0.3, 0.4) is 0 Å². The molecule has 118 valence electrons. The molecule has 0 saturated heterocycles. The number of benzene rings is 1. The minimum atomic E-state index is -0.0774. The van der Waals surface area contributed by atoms with Gasteiger partial charge in [-0.25, -0.2) is 0 Å². The molecule has 1 N–H and O–H groups in total. The highest BCUT2D eigenvalue weighted by Gasteiger charge is 2.09. The van der Waals surface area contributed by atoms with Crippen molar-refractivity contribution in [1.82, 2.24) is 9.88 Å². The van der Waals surface area contributed by atoms with Gasteiger partial charge in [0.25, 0.3) is 0 Å². The molecule has 5 heteroatoms. The lowest BCUT2D eigenvalue weighted by molar-refractivity contribution is -0.121. The number of carbonyl (C=O) groups is 2. The fraction of sp³-hybridized carbons (Fsp3) is 0.222. The average molecular weight is 326 g/mol. The van der Waals surface area contributed by atoms with E-state index < -0.39 is 0 Å². The van der Waals surface area contributed by atoms with Crippen molar-refractivity contribution in [2.75, 3.05) is 6.54 Å². The number of hydrogen-bond acceptors (Lipinski definition) is 3. The zero-order valence-corrected chi connectivity index (χ0v) is 13.5. The van der Waals surface area contributed by atoms with Crippen LogP contribution in [0.25, 0.3) is 10.9 Å². The lowest BCUT2D eigenvalue weighted by Crippen LogP contribution is -2.27. The van der Waals surface area contributed by atoms with Gasteiger partial charge in [-0.2, -0.15) is 0 Å². The summed E-state index contributed by atoms with van der Waals surface area (Å²) >= 11 is 1.42. The van der Waals surface area contributed by atoms with E-state index in [0.717, 1.165) is 16.9 Å². The van der Waals surface area contributed by atoms with Gasteiger partial charge in [0.05, 0.1) is 4.88 Å². The number of thiophene rings is 1. The number of amides is 1. The zero-order valence-electron chi connectivity index (χ0n) is 12.7. The first-order valence-electron chi connectivity index (χ1n) is 7.61. The number of carbonyl (C=O) groups excluding carboxylic acids is 2. The van der Waals surface area contributed by atoms with Crippen LogP contribution in [0.2, 0.25) is 0 Å². The third kappa shape index (κ3) is 3.87. The second kappa shape index (κ2) is 7.24. The Morgan fingerprint density at radius 2 is 1.91 bits per heavy atom. The molecule has 4 nitrogen and oxygen atoms in total. The monoisotopic (exact) mass is 326 g/mol. The van der Waals surface area contributed by atoms with Gasteiger partial charge in [0.1, 0.15) is 0 Å². The zero-order chi connectivity index (χ0) is 16.1. The van der Waals surface area contributed by atoms with Crippen LogP contribution in [0.1, 0.15) is 22.5 Å². The molecule has 0 bridgehead atoms. The maximum Gasteiger partial charge on any atom is 0.220 e. The second-order valence-electron chi connectivity index (χ2n) is 5.32. The first-order chi connectivity index (χ1) is 11.2. The smallest absolute Gasteiger partial charge is 0.220 e. The quantitative estimate of drug-likeness (QED) is 0.676. The van der Waals surface area contributed by atoms with Crippen LogP contribution in [0.15, 0.2) is 54.0 Å². The molecule has 0 atom stereocenters. The molecule has 0 radical (unpaired) electrons. The van der Waals surface area contributed by atoms with Crippen LogP contribution in [0.4, 0.5) is 0 Å². The number of nitrogens with zero attached hydrogens (tertiary/aromatic N) is 1. The average Bonchev–Trinajstić information content (AvgIpc) is 3.23. The molecule has 0 aliphatic rings. The summed E-state index contributed by atoms with van der Waals surface area (Å²) in [6.45, 7) is 1.28. The van der Waals surface area contributed by atoms with Crippen LogP contribution in [0, 0.1) is 0 Å². The number of nitrogens with one attached hydrogen (secondary N) is 1. The van der Waals surface area contributed by atoms with E-state index in [1.165, 1.54) is 16.7 Å². The van der Waals surface area contributed by atoms with Crippen molar-refractivity contribution in [1.29, 1.82) is 0 Å². The molecule has 2 heterocycles. The largest absolute Gasteiger partial charge is 0.354 e. The van der Waals surface area contributed by atoms with Gasteiger partial charge < -0.3 is 9.88 Å². The van der Waals surface area contributed by atoms with Crippen LogP contribution in [-0.2, 0) is 11.3 Å². The topological polar surface area (TPSA) is 51.1 Å². The van der Waals surface area contributed by atoms with Gasteiger partial charge in [-0.15, -0.1) is 11.3 Å². The highest BCUT2D eigenvalue weighted by Crippen LogP contribution is 2.14. The maximum absolute atomic E-state index is 11.8. The van der Waals surface area contributed by atoms with Gasteiger partial charge >= 0.3 is 0 Å². The molecule has 0 spiro atoms. The molecule has 0 saturated carbocycles. The van der Waals surface area contributed by atoms with Gasteiger partial charge in [-0.3, -0.25) is 9.59 Å². The van der Waals surface area contributed by atoms with E-state index in [1.807, 2.05) is 29.8 Å². The van der Waals surface area contributed by atoms with Gasteiger partial charge in [-0.05, 0) is 29.0 Å². The lowest BCUT2D eigenvalue weighted by Gasteiger charge is -2.07. The van der Waals surface area contributed by atoms with Crippen molar-refractivity contribution in [2.45, 2.75) is 19.4 Å². The minimum Gasteiger partial charge on any atom is -0.354 e. The Morgan fingerprint density at radius 1 is 1.04 bits per heavy atom. The molecule has 0 aliphatic heterocycles. The van der Waals surface area contributed by atoms with E-state index in [9.17, 15) is 9.59 Å². The van der Waals surface area contributed by atoms with E-state index in [4.69, 9.17) is 0 Å². The molecule has 3 rings (SSSR count). The molecule has 23 heavy (non-hydrogen) atoms. The Labute approximate surface area is 138 Å². The minimum absolute atomic E-state index is 0.0338. The summed E-state index contributed by atoms with van der Waals surface area (Å²) in [4.78, 5) is 24.4. The van der Waals surface area contributed by atoms with E-state index in [-0.39, 0.29) is 24.5 Å². The van der Waals surface area contributed by atoms with Crippen molar-refractivity contribution in [3.8, 4) is 0 Å². The summed E-state index contributed by atoms with van der Waals surface area (Å²) in [6, 6.07) is 13.9. The van der Waals surface area contributed by atoms with E-state index in [0.29, 0.717) is 6.54 Å².